The Balaban J connectivity index is 3.17. The number of rotatable bonds is 5. The van der Waals surface area contributed by atoms with Gasteiger partial charge in [0.15, 0.2) is 6.21 Å². The van der Waals surface area contributed by atoms with Crippen molar-refractivity contribution >= 4 is 12.2 Å². The zero-order valence-electron chi connectivity index (χ0n) is 6.62. The summed E-state index contributed by atoms with van der Waals surface area (Å²) in [6.07, 6.45) is 3.74. The number of carbonyl (C=O) groups is 1. The van der Waals surface area contributed by atoms with Crippen LogP contribution < -0.4 is 0 Å². The van der Waals surface area contributed by atoms with Crippen molar-refractivity contribution in [1.29, 1.82) is 0 Å². The van der Waals surface area contributed by atoms with E-state index in [0.29, 0.717) is 6.61 Å². The van der Waals surface area contributed by atoms with Gasteiger partial charge in [0, 0.05) is 0 Å². The van der Waals surface area contributed by atoms with Crippen LogP contribution in [0.25, 0.3) is 0 Å². The second-order valence-electron chi connectivity index (χ2n) is 2.12. The molecule has 0 saturated heterocycles. The van der Waals surface area contributed by atoms with E-state index in [4.69, 9.17) is 5.21 Å². The van der Waals surface area contributed by atoms with Crippen molar-refractivity contribution in [3.8, 4) is 0 Å². The Bertz CT molecular complexity index is 134. The molecule has 0 spiro atoms. The van der Waals surface area contributed by atoms with Gasteiger partial charge in [-0.25, -0.2) is 4.79 Å². The Kier molecular flexibility index (Phi) is 6.37. The van der Waals surface area contributed by atoms with Crippen molar-refractivity contribution in [2.75, 3.05) is 6.61 Å². The minimum absolute atomic E-state index is 0.401. The third-order valence-corrected chi connectivity index (χ3v) is 1.16. The number of oxime groups is 1. The topological polar surface area (TPSA) is 58.9 Å². The number of esters is 1. The van der Waals surface area contributed by atoms with E-state index in [1.54, 1.807) is 0 Å². The van der Waals surface area contributed by atoms with Gasteiger partial charge in [0.25, 0.3) is 0 Å². The van der Waals surface area contributed by atoms with Crippen LogP contribution in [0.1, 0.15) is 26.2 Å². The zero-order valence-corrected chi connectivity index (χ0v) is 6.62. The lowest BCUT2D eigenvalue weighted by Gasteiger charge is -1.98. The number of ether oxygens (including phenoxy) is 1. The van der Waals surface area contributed by atoms with Crippen molar-refractivity contribution in [2.45, 2.75) is 26.2 Å². The summed E-state index contributed by atoms with van der Waals surface area (Å²) in [5.74, 6) is -0.594. The summed E-state index contributed by atoms with van der Waals surface area (Å²) in [4.78, 5) is 10.5. The highest BCUT2D eigenvalue weighted by molar-refractivity contribution is 6.22. The number of hydrogen-bond acceptors (Lipinski definition) is 4. The van der Waals surface area contributed by atoms with E-state index in [-0.39, 0.29) is 0 Å². The zero-order chi connectivity index (χ0) is 8.53. The number of unbranched alkanes of at least 4 members (excludes halogenated alkanes) is 2. The molecule has 0 heterocycles. The molecule has 0 saturated carbocycles. The third kappa shape index (κ3) is 6.83. The molecule has 1 N–H and O–H groups in total. The molecule has 0 atom stereocenters. The molecule has 0 unspecified atom stereocenters. The molecular formula is C7H13NO3. The van der Waals surface area contributed by atoms with Crippen molar-refractivity contribution in [3.63, 3.8) is 0 Å². The minimum atomic E-state index is -0.594. The fourth-order valence-electron chi connectivity index (χ4n) is 0.609. The summed E-state index contributed by atoms with van der Waals surface area (Å²) in [6, 6.07) is 0. The molecule has 0 aromatic heterocycles. The second-order valence-corrected chi connectivity index (χ2v) is 2.12. The highest BCUT2D eigenvalue weighted by Gasteiger charge is 1.95. The molecule has 0 aromatic rings. The van der Waals surface area contributed by atoms with Gasteiger partial charge in [-0.05, 0) is 6.42 Å². The van der Waals surface area contributed by atoms with Crippen LogP contribution in [0, 0.1) is 0 Å². The molecule has 0 aromatic carbocycles. The van der Waals surface area contributed by atoms with Crippen LogP contribution >= 0.6 is 0 Å². The van der Waals surface area contributed by atoms with Gasteiger partial charge < -0.3 is 9.94 Å². The molecule has 4 heteroatoms. The number of hydrogen-bond donors (Lipinski definition) is 1. The smallest absolute Gasteiger partial charge is 0.352 e. The summed E-state index contributed by atoms with van der Waals surface area (Å²) in [6.45, 7) is 2.47. The molecule has 0 fully saturated rings. The Morgan fingerprint density at radius 2 is 2.36 bits per heavy atom. The van der Waals surface area contributed by atoms with E-state index < -0.39 is 5.97 Å². The summed E-state index contributed by atoms with van der Waals surface area (Å²) < 4.78 is 4.64. The molecule has 0 radical (unpaired) electrons. The lowest BCUT2D eigenvalue weighted by atomic mass is 10.3. The predicted octanol–water partition coefficient (Wildman–Crippen LogP) is 1.18. The van der Waals surface area contributed by atoms with E-state index in [2.05, 4.69) is 16.8 Å². The first-order valence-electron chi connectivity index (χ1n) is 3.65. The monoisotopic (exact) mass is 159 g/mol. The average Bonchev–Trinajstić information content (AvgIpc) is 1.99. The summed E-state index contributed by atoms with van der Waals surface area (Å²) in [5, 5.41) is 10.4. The molecule has 0 rings (SSSR count). The molecule has 64 valence electrons. The van der Waals surface area contributed by atoms with Crippen molar-refractivity contribution < 1.29 is 14.7 Å². The molecule has 4 nitrogen and oxygen atoms in total. The van der Waals surface area contributed by atoms with Gasteiger partial charge in [-0.15, -0.1) is 0 Å². The van der Waals surface area contributed by atoms with Crippen molar-refractivity contribution in [1.82, 2.24) is 0 Å². The fraction of sp³-hybridized carbons (Fsp3) is 0.714. The van der Waals surface area contributed by atoms with E-state index in [1.165, 1.54) is 0 Å². The first-order chi connectivity index (χ1) is 5.31. The summed E-state index contributed by atoms with van der Waals surface area (Å²) >= 11 is 0. The number of carbonyl (C=O) groups excluding carboxylic acids is 1. The van der Waals surface area contributed by atoms with Crippen molar-refractivity contribution in [2.24, 2.45) is 5.16 Å². The van der Waals surface area contributed by atoms with Gasteiger partial charge in [-0.1, -0.05) is 24.9 Å². The molecular weight excluding hydrogens is 146 g/mol. The lowest BCUT2D eigenvalue weighted by Crippen LogP contribution is -2.06. The molecule has 0 aliphatic carbocycles. The average molecular weight is 159 g/mol. The maximum absolute atomic E-state index is 10.5. The molecule has 0 aliphatic heterocycles. The maximum Gasteiger partial charge on any atom is 0.352 e. The van der Waals surface area contributed by atoms with E-state index >= 15 is 0 Å². The molecule has 0 amide bonds. The number of nitrogens with zero attached hydrogens (tertiary/aromatic N) is 1. The first-order valence-corrected chi connectivity index (χ1v) is 3.65. The molecule has 0 aliphatic rings. The van der Waals surface area contributed by atoms with Crippen molar-refractivity contribution in [3.05, 3.63) is 0 Å². The van der Waals surface area contributed by atoms with E-state index in [1.807, 2.05) is 0 Å². The van der Waals surface area contributed by atoms with Gasteiger partial charge in [0.2, 0.25) is 0 Å². The lowest BCUT2D eigenvalue weighted by molar-refractivity contribution is -0.135. The van der Waals surface area contributed by atoms with E-state index in [9.17, 15) is 4.79 Å². The van der Waals surface area contributed by atoms with Gasteiger partial charge in [-0.3, -0.25) is 0 Å². The fourth-order valence-corrected chi connectivity index (χ4v) is 0.609. The first kappa shape index (κ1) is 9.94. The normalized spacial score (nSPS) is 10.3. The minimum Gasteiger partial charge on any atom is -0.461 e. The molecule has 11 heavy (non-hydrogen) atoms. The third-order valence-electron chi connectivity index (χ3n) is 1.16. The highest BCUT2D eigenvalue weighted by Crippen LogP contribution is 1.93. The van der Waals surface area contributed by atoms with Crippen LogP contribution in [0.2, 0.25) is 0 Å². The largest absolute Gasteiger partial charge is 0.461 e. The quantitative estimate of drug-likeness (QED) is 0.215. The van der Waals surface area contributed by atoms with Crippen LogP contribution in [0.3, 0.4) is 0 Å². The predicted molar refractivity (Wildman–Crippen MR) is 40.8 cm³/mol. The maximum atomic E-state index is 10.5. The van der Waals surface area contributed by atoms with Crippen LogP contribution in [0.15, 0.2) is 5.16 Å². The molecule has 0 bridgehead atoms. The van der Waals surface area contributed by atoms with Crippen LogP contribution in [-0.4, -0.2) is 24.0 Å². The Morgan fingerprint density at radius 1 is 1.64 bits per heavy atom. The van der Waals surface area contributed by atoms with Crippen LogP contribution in [0.5, 0.6) is 0 Å². The van der Waals surface area contributed by atoms with Crippen LogP contribution in [-0.2, 0) is 9.53 Å². The van der Waals surface area contributed by atoms with E-state index in [0.717, 1.165) is 25.5 Å². The van der Waals surface area contributed by atoms with Gasteiger partial charge in [-0.2, -0.15) is 0 Å². The Hall–Kier alpha value is -1.06. The standard InChI is InChI=1S/C7H13NO3/c1-2-3-4-5-11-7(9)6-8-10/h6,10H,2-5H2,1H3. The SMILES string of the molecule is CCCCCOC(=O)C=NO. The van der Waals surface area contributed by atoms with Gasteiger partial charge in [0.1, 0.15) is 0 Å². The summed E-state index contributed by atoms with van der Waals surface area (Å²) in [5.41, 5.74) is 0. The summed E-state index contributed by atoms with van der Waals surface area (Å²) in [7, 11) is 0. The highest BCUT2D eigenvalue weighted by atomic mass is 16.5. The second kappa shape index (κ2) is 7.05. The van der Waals surface area contributed by atoms with Gasteiger partial charge in [0.05, 0.1) is 6.61 Å². The Labute approximate surface area is 65.8 Å². The van der Waals surface area contributed by atoms with Gasteiger partial charge >= 0.3 is 5.97 Å². The van der Waals surface area contributed by atoms with Crippen LogP contribution in [0.4, 0.5) is 0 Å². The Morgan fingerprint density at radius 3 is 2.91 bits per heavy atom.